The van der Waals surface area contributed by atoms with Crippen molar-refractivity contribution in [3.63, 3.8) is 0 Å². The van der Waals surface area contributed by atoms with Crippen LogP contribution in [-0.4, -0.2) is 72.0 Å². The number of hydrogen-bond acceptors (Lipinski definition) is 9. The number of halogens is 5. The monoisotopic (exact) mass is 768 g/mol. The highest BCUT2D eigenvalue weighted by Crippen LogP contribution is 2.33. The zero-order valence-electron chi connectivity index (χ0n) is 29.1. The van der Waals surface area contributed by atoms with Crippen LogP contribution in [0.5, 0.6) is 5.75 Å². The second-order valence-corrected chi connectivity index (χ2v) is 15.7. The highest BCUT2D eigenvalue weighted by Gasteiger charge is 2.33. The van der Waals surface area contributed by atoms with Crippen molar-refractivity contribution < 1.29 is 40.2 Å². The average Bonchev–Trinajstić information content (AvgIpc) is 3.03. The third kappa shape index (κ3) is 8.52. The molecular weight excluding hydrogens is 732 g/mol. The van der Waals surface area contributed by atoms with Gasteiger partial charge < -0.3 is 19.7 Å². The van der Waals surface area contributed by atoms with E-state index < -0.39 is 85.6 Å². The smallest absolute Gasteiger partial charge is 0.410 e. The van der Waals surface area contributed by atoms with E-state index >= 15 is 13.2 Å². The molecule has 0 bridgehead atoms. The van der Waals surface area contributed by atoms with Gasteiger partial charge in [-0.1, -0.05) is 11.6 Å². The number of methoxy groups -OCH3 is 1. The normalized spacial score (nSPS) is 16.7. The lowest BCUT2D eigenvalue weighted by molar-refractivity contribution is 0.0124. The van der Waals surface area contributed by atoms with Gasteiger partial charge >= 0.3 is 6.09 Å². The zero-order chi connectivity index (χ0) is 38.3. The minimum atomic E-state index is -4.53. The van der Waals surface area contributed by atoms with E-state index in [4.69, 9.17) is 21.1 Å². The Morgan fingerprint density at radius 3 is 2.46 bits per heavy atom. The Hall–Kier alpha value is -4.64. The Balaban J connectivity index is 1.46. The van der Waals surface area contributed by atoms with Crippen molar-refractivity contribution in [3.05, 3.63) is 74.9 Å². The van der Waals surface area contributed by atoms with Crippen LogP contribution in [-0.2, 0) is 20.5 Å². The number of nitrogens with zero attached hydrogens (tertiary/aromatic N) is 4. The zero-order valence-corrected chi connectivity index (χ0v) is 30.6. The number of likely N-dealkylation sites (tertiary alicyclic amines) is 1. The number of hydrogen-bond donors (Lipinski definition) is 2. The molecular formula is C34H37ClF4N6O6S. The van der Waals surface area contributed by atoms with Gasteiger partial charge in [0.2, 0.25) is 16.0 Å². The lowest BCUT2D eigenvalue weighted by atomic mass is 10.0. The van der Waals surface area contributed by atoms with Gasteiger partial charge in [-0.3, -0.25) is 14.1 Å². The van der Waals surface area contributed by atoms with Gasteiger partial charge in [0.05, 0.1) is 25.0 Å². The van der Waals surface area contributed by atoms with Crippen LogP contribution in [0, 0.1) is 17.5 Å². The van der Waals surface area contributed by atoms with Gasteiger partial charge in [-0.25, -0.2) is 35.8 Å². The summed E-state index contributed by atoms with van der Waals surface area (Å²) in [5, 5.41) is 3.38. The van der Waals surface area contributed by atoms with Crippen molar-refractivity contribution >= 4 is 50.4 Å². The van der Waals surface area contributed by atoms with E-state index in [1.54, 1.807) is 39.3 Å². The molecule has 2 aromatic carbocycles. The van der Waals surface area contributed by atoms with Crippen LogP contribution in [0.25, 0.3) is 22.2 Å². The summed E-state index contributed by atoms with van der Waals surface area (Å²) in [6.45, 7) is 8.31. The maximum atomic E-state index is 15.7. The number of carbonyl (C=O) groups excluding carboxylic acids is 1. The number of nitrogens with one attached hydrogen (secondary N) is 2. The molecule has 280 valence electrons. The van der Waals surface area contributed by atoms with Crippen molar-refractivity contribution in [1.29, 1.82) is 0 Å². The lowest BCUT2D eigenvalue weighted by Crippen LogP contribution is -2.51. The molecule has 0 unspecified atom stereocenters. The average molecular weight is 769 g/mol. The lowest BCUT2D eigenvalue weighted by Gasteiger charge is -2.36. The van der Waals surface area contributed by atoms with Gasteiger partial charge in [-0.15, -0.1) is 0 Å². The van der Waals surface area contributed by atoms with Crippen molar-refractivity contribution in [1.82, 2.24) is 19.4 Å². The fourth-order valence-corrected chi connectivity index (χ4v) is 7.20. The summed E-state index contributed by atoms with van der Waals surface area (Å²) in [4.78, 5) is 36.4. The SMILES string of the molecule is COc1ccc(Cl)cc1CS(=O)(=O)Nc1c(F)cc(-c2cc3cnc(N[C@H]4C[C@H](F)CN(C(=O)OC(C)(C)C)C4)nc3n(C(C)C)c2=O)c(F)c1F. The first-order chi connectivity index (χ1) is 24.3. The summed E-state index contributed by atoms with van der Waals surface area (Å²) >= 11 is 5.97. The van der Waals surface area contributed by atoms with Crippen LogP contribution < -0.4 is 20.3 Å². The second kappa shape index (κ2) is 14.8. The third-order valence-electron chi connectivity index (χ3n) is 7.97. The van der Waals surface area contributed by atoms with E-state index in [9.17, 15) is 22.4 Å². The number of fused-ring (bicyclic) bond motifs is 1. The van der Waals surface area contributed by atoms with E-state index in [0.29, 0.717) is 6.07 Å². The number of anilines is 2. The predicted octanol–water partition coefficient (Wildman–Crippen LogP) is 6.82. The molecule has 4 aromatic rings. The molecule has 0 saturated carbocycles. The molecule has 2 aromatic heterocycles. The fourth-order valence-electron chi connectivity index (χ4n) is 5.80. The number of sulfonamides is 1. The molecule has 1 aliphatic heterocycles. The highest BCUT2D eigenvalue weighted by atomic mass is 35.5. The number of alkyl halides is 1. The topological polar surface area (TPSA) is 145 Å². The number of carbonyl (C=O) groups is 1. The quantitative estimate of drug-likeness (QED) is 0.138. The van der Waals surface area contributed by atoms with Crippen LogP contribution in [0.4, 0.5) is 34.0 Å². The first-order valence-electron chi connectivity index (χ1n) is 16.1. The van der Waals surface area contributed by atoms with Crippen LogP contribution in [0.2, 0.25) is 5.02 Å². The third-order valence-corrected chi connectivity index (χ3v) is 9.41. The number of aromatic nitrogens is 3. The number of rotatable bonds is 9. The van der Waals surface area contributed by atoms with E-state index in [0.717, 1.165) is 6.07 Å². The molecule has 0 radical (unpaired) electrons. The molecule has 0 aliphatic carbocycles. The van der Waals surface area contributed by atoms with Crippen LogP contribution in [0.1, 0.15) is 52.6 Å². The Labute approximate surface area is 302 Å². The molecule has 5 rings (SSSR count). The summed E-state index contributed by atoms with van der Waals surface area (Å²) in [7, 11) is -3.24. The molecule has 3 heterocycles. The van der Waals surface area contributed by atoms with Gasteiger partial charge in [0, 0.05) is 52.8 Å². The Morgan fingerprint density at radius 1 is 1.10 bits per heavy atom. The summed E-state index contributed by atoms with van der Waals surface area (Å²) in [5.41, 5.74) is -3.97. The van der Waals surface area contributed by atoms with Crippen LogP contribution >= 0.6 is 11.6 Å². The van der Waals surface area contributed by atoms with E-state index in [-0.39, 0.29) is 52.8 Å². The van der Waals surface area contributed by atoms with Crippen LogP contribution in [0.3, 0.4) is 0 Å². The number of amides is 1. The van der Waals surface area contributed by atoms with Gasteiger partial charge in [-0.05, 0) is 65.0 Å². The highest BCUT2D eigenvalue weighted by molar-refractivity contribution is 7.91. The van der Waals surface area contributed by atoms with E-state index in [1.165, 1.54) is 41.0 Å². The molecule has 1 fully saturated rings. The first-order valence-corrected chi connectivity index (χ1v) is 18.1. The molecule has 1 saturated heterocycles. The molecule has 18 heteroatoms. The van der Waals surface area contributed by atoms with Gasteiger partial charge in [0.15, 0.2) is 17.5 Å². The minimum absolute atomic E-state index is 0.00703. The maximum absolute atomic E-state index is 15.7. The van der Waals surface area contributed by atoms with Gasteiger partial charge in [-0.2, -0.15) is 4.98 Å². The predicted molar refractivity (Wildman–Crippen MR) is 188 cm³/mol. The van der Waals surface area contributed by atoms with Gasteiger partial charge in [0.25, 0.3) is 5.56 Å². The summed E-state index contributed by atoms with van der Waals surface area (Å²) in [6.07, 6.45) is -0.704. The Morgan fingerprint density at radius 2 is 1.81 bits per heavy atom. The first kappa shape index (κ1) is 38.6. The Bertz CT molecular complexity index is 2200. The molecule has 2 atom stereocenters. The van der Waals surface area contributed by atoms with E-state index in [2.05, 4.69) is 15.3 Å². The van der Waals surface area contributed by atoms with Crippen molar-refractivity contribution in [2.24, 2.45) is 0 Å². The fraction of sp³-hybridized carbons (Fsp3) is 0.412. The Kier molecular flexibility index (Phi) is 11.0. The number of ether oxygens (including phenoxy) is 2. The number of piperidine rings is 1. The molecule has 1 amide bonds. The second-order valence-electron chi connectivity index (χ2n) is 13.6. The van der Waals surface area contributed by atoms with Gasteiger partial charge in [0.1, 0.15) is 28.9 Å². The van der Waals surface area contributed by atoms with Crippen molar-refractivity contribution in [3.8, 4) is 16.9 Å². The molecule has 2 N–H and O–H groups in total. The van der Waals surface area contributed by atoms with Crippen molar-refractivity contribution in [2.45, 2.75) is 70.6 Å². The molecule has 12 nitrogen and oxygen atoms in total. The largest absolute Gasteiger partial charge is 0.496 e. The number of pyridine rings is 1. The number of benzene rings is 2. The van der Waals surface area contributed by atoms with Crippen molar-refractivity contribution in [2.75, 3.05) is 30.2 Å². The summed E-state index contributed by atoms with van der Waals surface area (Å²) in [5.74, 6) is -5.70. The minimum Gasteiger partial charge on any atom is -0.496 e. The van der Waals surface area contributed by atoms with Crippen LogP contribution in [0.15, 0.2) is 41.3 Å². The maximum Gasteiger partial charge on any atom is 0.410 e. The standard InChI is InChI=1S/C34H37ClF4N6O6S/c1-17(2)45-30-18(13-40-32(42-30)41-22-11-21(36)14-44(15-22)33(47)51-34(3,4)5)10-24(31(45)46)23-12-25(37)29(28(39)27(23)38)43-52(48,49)16-19-9-20(35)7-8-26(19)50-6/h7-10,12-13,17,21-22,43H,11,14-16H2,1-6H3,(H,40,41,42)/t21-,22-/m0/s1. The molecule has 0 spiro atoms. The molecule has 1 aliphatic rings. The van der Waals surface area contributed by atoms with E-state index in [1.807, 2.05) is 0 Å². The summed E-state index contributed by atoms with van der Waals surface area (Å²) in [6, 6.07) is 4.64. The summed E-state index contributed by atoms with van der Waals surface area (Å²) < 4.78 is 101. The molecule has 52 heavy (non-hydrogen) atoms.